The molecule has 0 aliphatic carbocycles. The van der Waals surface area contributed by atoms with Gasteiger partial charge in [0.15, 0.2) is 0 Å². The molecule has 0 aliphatic heterocycles. The summed E-state index contributed by atoms with van der Waals surface area (Å²) in [6, 6.07) is 9.81. The highest BCUT2D eigenvalue weighted by Gasteiger charge is 2.05. The normalized spacial score (nSPS) is 9.75. The molecule has 1 rings (SSSR count). The second-order valence-corrected chi connectivity index (χ2v) is 3.48. The molecule has 1 aromatic carbocycles. The molecule has 0 radical (unpaired) electrons. The van der Waals surface area contributed by atoms with Gasteiger partial charge in [-0.15, -0.1) is 0 Å². The number of anilines is 2. The minimum absolute atomic E-state index is 0.499. The average molecular weight is 219 g/mol. The molecule has 0 aromatic heterocycles. The maximum atomic E-state index is 8.61. The first-order valence-electron chi connectivity index (χ1n) is 5.24. The molecular weight excluding hydrogens is 202 g/mol. The predicted molar refractivity (Wildman–Crippen MR) is 65.2 cm³/mol. The molecule has 0 fully saturated rings. The quantitative estimate of drug-likeness (QED) is 0.739. The van der Waals surface area contributed by atoms with Gasteiger partial charge in [-0.1, -0.05) is 6.07 Å². The molecule has 2 N–H and O–H groups in total. The first kappa shape index (κ1) is 12.3. The predicted octanol–water partition coefficient (Wildman–Crippen LogP) is 1.64. The molecule has 0 heterocycles. The fourth-order valence-corrected chi connectivity index (χ4v) is 1.48. The SMILES string of the molecule is COCCN(CCC#N)c1cccc(N)c1. The molecule has 86 valence electrons. The monoisotopic (exact) mass is 219 g/mol. The largest absolute Gasteiger partial charge is 0.399 e. The molecule has 0 amide bonds. The van der Waals surface area contributed by atoms with Crippen LogP contribution in [-0.4, -0.2) is 26.8 Å². The summed E-state index contributed by atoms with van der Waals surface area (Å²) in [4.78, 5) is 2.10. The molecule has 0 aliphatic rings. The lowest BCUT2D eigenvalue weighted by Gasteiger charge is -2.23. The number of nitriles is 1. The van der Waals surface area contributed by atoms with Crippen molar-refractivity contribution in [1.82, 2.24) is 0 Å². The van der Waals surface area contributed by atoms with E-state index in [1.54, 1.807) is 7.11 Å². The van der Waals surface area contributed by atoms with Gasteiger partial charge in [0.25, 0.3) is 0 Å². The minimum atomic E-state index is 0.499. The molecule has 0 unspecified atom stereocenters. The molecule has 4 nitrogen and oxygen atoms in total. The zero-order chi connectivity index (χ0) is 11.8. The van der Waals surface area contributed by atoms with E-state index in [0.717, 1.165) is 17.9 Å². The second-order valence-electron chi connectivity index (χ2n) is 3.48. The van der Waals surface area contributed by atoms with Crippen molar-refractivity contribution < 1.29 is 4.74 Å². The number of methoxy groups -OCH3 is 1. The number of hydrogen-bond acceptors (Lipinski definition) is 4. The van der Waals surface area contributed by atoms with E-state index in [-0.39, 0.29) is 0 Å². The van der Waals surface area contributed by atoms with Gasteiger partial charge in [-0.2, -0.15) is 5.26 Å². The molecule has 0 saturated carbocycles. The van der Waals surface area contributed by atoms with Crippen molar-refractivity contribution in [2.75, 3.05) is 37.4 Å². The van der Waals surface area contributed by atoms with Crippen molar-refractivity contribution in [3.8, 4) is 6.07 Å². The summed E-state index contributed by atoms with van der Waals surface area (Å²) >= 11 is 0. The maximum absolute atomic E-state index is 8.61. The molecule has 0 bridgehead atoms. The Hall–Kier alpha value is -1.73. The lowest BCUT2D eigenvalue weighted by Crippen LogP contribution is -2.28. The number of nitrogens with two attached hydrogens (primary N) is 1. The third-order valence-corrected chi connectivity index (χ3v) is 2.29. The number of ether oxygens (including phenoxy) is 1. The van der Waals surface area contributed by atoms with Crippen LogP contribution < -0.4 is 10.6 Å². The third kappa shape index (κ3) is 3.79. The van der Waals surface area contributed by atoms with E-state index >= 15 is 0 Å². The molecule has 16 heavy (non-hydrogen) atoms. The van der Waals surface area contributed by atoms with E-state index in [9.17, 15) is 0 Å². The molecule has 4 heteroatoms. The third-order valence-electron chi connectivity index (χ3n) is 2.29. The van der Waals surface area contributed by atoms with Crippen LogP contribution in [0.2, 0.25) is 0 Å². The molecule has 0 atom stereocenters. The number of rotatable bonds is 6. The number of nitrogens with zero attached hydrogens (tertiary/aromatic N) is 2. The number of nitrogen functional groups attached to an aromatic ring is 1. The van der Waals surface area contributed by atoms with Crippen LogP contribution in [0.5, 0.6) is 0 Å². The fourth-order valence-electron chi connectivity index (χ4n) is 1.48. The first-order chi connectivity index (χ1) is 7.77. The van der Waals surface area contributed by atoms with Crippen LogP contribution >= 0.6 is 0 Å². The van der Waals surface area contributed by atoms with Crippen molar-refractivity contribution in [3.63, 3.8) is 0 Å². The van der Waals surface area contributed by atoms with E-state index in [1.165, 1.54) is 0 Å². The topological polar surface area (TPSA) is 62.3 Å². The van der Waals surface area contributed by atoms with Gasteiger partial charge in [-0.3, -0.25) is 0 Å². The van der Waals surface area contributed by atoms with Crippen LogP contribution in [0.4, 0.5) is 11.4 Å². The van der Waals surface area contributed by atoms with Crippen LogP contribution in [0, 0.1) is 11.3 Å². The van der Waals surface area contributed by atoms with Gasteiger partial charge >= 0.3 is 0 Å². The Labute approximate surface area is 96.2 Å². The van der Waals surface area contributed by atoms with E-state index in [2.05, 4.69) is 11.0 Å². The number of benzene rings is 1. The molecule has 0 spiro atoms. The minimum Gasteiger partial charge on any atom is -0.399 e. The Morgan fingerprint density at radius 2 is 2.25 bits per heavy atom. The van der Waals surface area contributed by atoms with Gasteiger partial charge in [0.2, 0.25) is 0 Å². The Morgan fingerprint density at radius 1 is 1.44 bits per heavy atom. The summed E-state index contributed by atoms with van der Waals surface area (Å²) < 4.78 is 5.05. The van der Waals surface area contributed by atoms with E-state index < -0.39 is 0 Å². The summed E-state index contributed by atoms with van der Waals surface area (Å²) in [7, 11) is 1.67. The fraction of sp³-hybridized carbons (Fsp3) is 0.417. The highest BCUT2D eigenvalue weighted by atomic mass is 16.5. The van der Waals surface area contributed by atoms with Gasteiger partial charge in [0, 0.05) is 31.6 Å². The van der Waals surface area contributed by atoms with Gasteiger partial charge < -0.3 is 15.4 Å². The van der Waals surface area contributed by atoms with Crippen LogP contribution in [0.25, 0.3) is 0 Å². The van der Waals surface area contributed by atoms with Crippen LogP contribution in [0.15, 0.2) is 24.3 Å². The zero-order valence-corrected chi connectivity index (χ0v) is 9.52. The maximum Gasteiger partial charge on any atom is 0.0640 e. The smallest absolute Gasteiger partial charge is 0.0640 e. The lowest BCUT2D eigenvalue weighted by atomic mass is 10.2. The van der Waals surface area contributed by atoms with Crippen molar-refractivity contribution in [2.24, 2.45) is 0 Å². The standard InChI is InChI=1S/C12H17N3O/c1-16-9-8-15(7-3-6-13)12-5-2-4-11(14)10-12/h2,4-5,10H,3,7-9,14H2,1H3. The summed E-state index contributed by atoms with van der Waals surface area (Å²) in [5.41, 5.74) is 7.50. The van der Waals surface area contributed by atoms with Gasteiger partial charge in [-0.05, 0) is 18.2 Å². The molecule has 0 saturated heterocycles. The van der Waals surface area contributed by atoms with Crippen LogP contribution in [-0.2, 0) is 4.74 Å². The van der Waals surface area contributed by atoms with Crippen LogP contribution in [0.3, 0.4) is 0 Å². The summed E-state index contributed by atoms with van der Waals surface area (Å²) in [6.07, 6.45) is 0.499. The van der Waals surface area contributed by atoms with Crippen molar-refractivity contribution in [3.05, 3.63) is 24.3 Å². The summed E-state index contributed by atoms with van der Waals surface area (Å²) in [5.74, 6) is 0. The van der Waals surface area contributed by atoms with Gasteiger partial charge in [0.1, 0.15) is 0 Å². The van der Waals surface area contributed by atoms with Crippen molar-refractivity contribution in [2.45, 2.75) is 6.42 Å². The Morgan fingerprint density at radius 3 is 2.88 bits per heavy atom. The second kappa shape index (κ2) is 6.70. The lowest BCUT2D eigenvalue weighted by molar-refractivity contribution is 0.205. The van der Waals surface area contributed by atoms with E-state index in [0.29, 0.717) is 19.6 Å². The summed E-state index contributed by atoms with van der Waals surface area (Å²) in [5, 5.41) is 8.61. The van der Waals surface area contributed by atoms with Crippen molar-refractivity contribution in [1.29, 1.82) is 5.26 Å². The van der Waals surface area contributed by atoms with E-state index in [1.807, 2.05) is 24.3 Å². The Balaban J connectivity index is 2.70. The van der Waals surface area contributed by atoms with E-state index in [4.69, 9.17) is 15.7 Å². The van der Waals surface area contributed by atoms with Gasteiger partial charge in [-0.25, -0.2) is 0 Å². The number of hydrogen-bond donors (Lipinski definition) is 1. The molecule has 1 aromatic rings. The average Bonchev–Trinajstić information content (AvgIpc) is 2.29. The Bertz CT molecular complexity index is 360. The molecular formula is C12H17N3O. The van der Waals surface area contributed by atoms with Crippen LogP contribution in [0.1, 0.15) is 6.42 Å². The summed E-state index contributed by atoms with van der Waals surface area (Å²) in [6.45, 7) is 2.10. The first-order valence-corrected chi connectivity index (χ1v) is 5.24. The Kier molecular flexibility index (Phi) is 5.17. The highest BCUT2D eigenvalue weighted by Crippen LogP contribution is 2.17. The highest BCUT2D eigenvalue weighted by molar-refractivity contribution is 5.55. The van der Waals surface area contributed by atoms with Gasteiger partial charge in [0.05, 0.1) is 19.1 Å². The van der Waals surface area contributed by atoms with Crippen molar-refractivity contribution >= 4 is 11.4 Å². The zero-order valence-electron chi connectivity index (χ0n) is 9.52.